The van der Waals surface area contributed by atoms with Gasteiger partial charge in [-0.15, -0.1) is 0 Å². The van der Waals surface area contributed by atoms with Crippen molar-refractivity contribution >= 4 is 39.6 Å². The van der Waals surface area contributed by atoms with Crippen LogP contribution in [0.1, 0.15) is 47.2 Å². The Morgan fingerprint density at radius 2 is 0.898 bits per heavy atom. The molecule has 0 aliphatic carbocycles. The third-order valence-electron chi connectivity index (χ3n) is 12.2. The SMILES string of the molecule is CCc1ccccc1C1(c2cc(N(c3ccc(-c4ccccc4)cc3)c3ccc(-c4ccccc4)cc3)ccc2CC)c2ccccc2Sc2c1ccc1ccccc21. The second kappa shape index (κ2) is 15.6. The first-order valence-electron chi connectivity index (χ1n) is 20.8. The van der Waals surface area contributed by atoms with Crippen LogP contribution in [-0.2, 0) is 18.3 Å². The normalized spacial score (nSPS) is 14.4. The van der Waals surface area contributed by atoms with E-state index in [1.165, 1.54) is 76.2 Å². The van der Waals surface area contributed by atoms with Crippen LogP contribution in [0.2, 0.25) is 0 Å². The number of anilines is 3. The van der Waals surface area contributed by atoms with E-state index in [-0.39, 0.29) is 0 Å². The minimum atomic E-state index is -0.574. The molecule has 1 heterocycles. The van der Waals surface area contributed by atoms with Gasteiger partial charge in [-0.25, -0.2) is 0 Å². The highest BCUT2D eigenvalue weighted by atomic mass is 32.2. The van der Waals surface area contributed by atoms with Crippen LogP contribution >= 0.6 is 11.8 Å². The van der Waals surface area contributed by atoms with Gasteiger partial charge in [0.1, 0.15) is 0 Å². The summed E-state index contributed by atoms with van der Waals surface area (Å²) >= 11 is 1.92. The van der Waals surface area contributed by atoms with Gasteiger partial charge in [-0.05, 0) is 122 Å². The van der Waals surface area contributed by atoms with Gasteiger partial charge in [-0.1, -0.05) is 195 Å². The molecule has 0 aromatic heterocycles. The number of rotatable bonds is 9. The first-order valence-corrected chi connectivity index (χ1v) is 21.6. The molecule has 1 aliphatic heterocycles. The summed E-state index contributed by atoms with van der Waals surface area (Å²) in [5, 5.41) is 2.57. The smallest absolute Gasteiger partial charge is 0.0729 e. The summed E-state index contributed by atoms with van der Waals surface area (Å²) in [5.41, 5.74) is 15.7. The first kappa shape index (κ1) is 36.7. The van der Waals surface area contributed by atoms with E-state index in [0.29, 0.717) is 0 Å². The van der Waals surface area contributed by atoms with E-state index in [2.05, 4.69) is 231 Å². The Morgan fingerprint density at radius 1 is 0.390 bits per heavy atom. The summed E-state index contributed by atoms with van der Waals surface area (Å²) in [5.74, 6) is 0. The number of fused-ring (bicyclic) bond motifs is 4. The average molecular weight is 776 g/mol. The summed E-state index contributed by atoms with van der Waals surface area (Å²) in [6, 6.07) is 78.7. The molecule has 284 valence electrons. The van der Waals surface area contributed by atoms with Gasteiger partial charge in [0.25, 0.3) is 0 Å². The highest BCUT2D eigenvalue weighted by Gasteiger charge is 2.47. The number of benzene rings is 9. The molecule has 1 nitrogen and oxygen atoms in total. The van der Waals surface area contributed by atoms with Crippen LogP contribution in [0.15, 0.2) is 222 Å². The fraction of sp³-hybridized carbons (Fsp3) is 0.0877. The second-order valence-corrected chi connectivity index (χ2v) is 16.4. The van der Waals surface area contributed by atoms with Gasteiger partial charge in [-0.3, -0.25) is 0 Å². The van der Waals surface area contributed by atoms with Crippen LogP contribution in [0.25, 0.3) is 33.0 Å². The number of aryl methyl sites for hydroxylation is 2. The lowest BCUT2D eigenvalue weighted by atomic mass is 9.62. The Bertz CT molecular complexity index is 2830. The zero-order chi connectivity index (χ0) is 39.8. The molecule has 1 unspecified atom stereocenters. The molecule has 10 rings (SSSR count). The Morgan fingerprint density at radius 3 is 1.54 bits per heavy atom. The second-order valence-electron chi connectivity index (χ2n) is 15.4. The van der Waals surface area contributed by atoms with Crippen LogP contribution in [0.5, 0.6) is 0 Å². The van der Waals surface area contributed by atoms with Crippen molar-refractivity contribution in [2.75, 3.05) is 4.90 Å². The van der Waals surface area contributed by atoms with Crippen molar-refractivity contribution in [3.8, 4) is 22.3 Å². The van der Waals surface area contributed by atoms with Crippen molar-refractivity contribution < 1.29 is 0 Å². The van der Waals surface area contributed by atoms with Crippen molar-refractivity contribution in [3.05, 3.63) is 246 Å². The van der Waals surface area contributed by atoms with E-state index in [0.717, 1.165) is 29.9 Å². The van der Waals surface area contributed by atoms with Crippen LogP contribution < -0.4 is 4.90 Å². The fourth-order valence-corrected chi connectivity index (χ4v) is 10.7. The van der Waals surface area contributed by atoms with Crippen LogP contribution in [-0.4, -0.2) is 0 Å². The van der Waals surface area contributed by atoms with Gasteiger partial charge < -0.3 is 4.90 Å². The largest absolute Gasteiger partial charge is 0.310 e. The summed E-state index contributed by atoms with van der Waals surface area (Å²) in [6.45, 7) is 4.61. The Labute approximate surface area is 352 Å². The molecule has 0 bridgehead atoms. The molecule has 1 aliphatic rings. The lowest BCUT2D eigenvalue weighted by molar-refractivity contribution is 0.686. The lowest BCUT2D eigenvalue weighted by Gasteiger charge is -2.44. The highest BCUT2D eigenvalue weighted by molar-refractivity contribution is 7.99. The molecule has 2 heteroatoms. The molecular formula is C57H45NS. The van der Waals surface area contributed by atoms with Gasteiger partial charge in [0, 0.05) is 26.9 Å². The van der Waals surface area contributed by atoms with Gasteiger partial charge >= 0.3 is 0 Å². The van der Waals surface area contributed by atoms with E-state index in [1.54, 1.807) is 0 Å². The molecule has 9 aromatic carbocycles. The van der Waals surface area contributed by atoms with Crippen molar-refractivity contribution in [3.63, 3.8) is 0 Å². The Hall–Kier alpha value is -6.61. The van der Waals surface area contributed by atoms with Gasteiger partial charge in [0.15, 0.2) is 0 Å². The summed E-state index contributed by atoms with van der Waals surface area (Å²) in [4.78, 5) is 5.08. The maximum atomic E-state index is 2.52. The van der Waals surface area contributed by atoms with E-state index >= 15 is 0 Å². The van der Waals surface area contributed by atoms with Crippen LogP contribution in [0.4, 0.5) is 17.1 Å². The standard InChI is InChI=1S/C57H45NS/c1-3-40-17-12-14-24-51(40)57(52-25-15-16-26-55(52)59-56-50-23-13-11-22-46(50)32-38-53(56)57)54-39-49(37-27-41(54)4-2)58(47-33-28-44(29-34-47)42-18-7-5-8-19-42)48-35-30-45(31-36-48)43-20-9-6-10-21-43/h5-39H,3-4H2,1-2H3. The molecule has 0 N–H and O–H groups in total. The van der Waals surface area contributed by atoms with E-state index in [9.17, 15) is 0 Å². The van der Waals surface area contributed by atoms with E-state index < -0.39 is 5.41 Å². The van der Waals surface area contributed by atoms with Gasteiger partial charge in [0.2, 0.25) is 0 Å². The first-order chi connectivity index (χ1) is 29.2. The molecule has 1 atom stereocenters. The average Bonchev–Trinajstić information content (AvgIpc) is 3.32. The maximum Gasteiger partial charge on any atom is 0.0729 e. The number of hydrogen-bond donors (Lipinski definition) is 0. The zero-order valence-electron chi connectivity index (χ0n) is 33.5. The van der Waals surface area contributed by atoms with Crippen LogP contribution in [0, 0.1) is 0 Å². The highest BCUT2D eigenvalue weighted by Crippen LogP contribution is 2.59. The molecule has 0 spiro atoms. The van der Waals surface area contributed by atoms with Crippen molar-refractivity contribution in [2.24, 2.45) is 0 Å². The minimum absolute atomic E-state index is 0.574. The minimum Gasteiger partial charge on any atom is -0.310 e. The van der Waals surface area contributed by atoms with E-state index in [4.69, 9.17) is 0 Å². The Kier molecular flexibility index (Phi) is 9.72. The van der Waals surface area contributed by atoms with Crippen molar-refractivity contribution in [1.82, 2.24) is 0 Å². The number of hydrogen-bond acceptors (Lipinski definition) is 2. The quantitative estimate of drug-likeness (QED) is 0.144. The molecule has 0 amide bonds. The van der Waals surface area contributed by atoms with Gasteiger partial charge in [0.05, 0.1) is 5.41 Å². The van der Waals surface area contributed by atoms with Crippen molar-refractivity contribution in [2.45, 2.75) is 41.9 Å². The summed E-state index contributed by atoms with van der Waals surface area (Å²) < 4.78 is 0. The van der Waals surface area contributed by atoms with E-state index in [1.807, 2.05) is 11.8 Å². The topological polar surface area (TPSA) is 3.24 Å². The molecule has 0 saturated carbocycles. The molecule has 0 radical (unpaired) electrons. The van der Waals surface area contributed by atoms with Crippen molar-refractivity contribution in [1.29, 1.82) is 0 Å². The number of nitrogens with zero attached hydrogens (tertiary/aromatic N) is 1. The predicted molar refractivity (Wildman–Crippen MR) is 251 cm³/mol. The molecular weight excluding hydrogens is 731 g/mol. The third-order valence-corrected chi connectivity index (χ3v) is 13.4. The predicted octanol–water partition coefficient (Wildman–Crippen LogP) is 15.6. The monoisotopic (exact) mass is 775 g/mol. The van der Waals surface area contributed by atoms with Gasteiger partial charge in [-0.2, -0.15) is 0 Å². The summed E-state index contributed by atoms with van der Waals surface area (Å²) in [7, 11) is 0. The third kappa shape index (κ3) is 6.36. The fourth-order valence-electron chi connectivity index (χ4n) is 9.36. The Balaban J connectivity index is 1.25. The molecule has 0 saturated heterocycles. The lowest BCUT2D eigenvalue weighted by Crippen LogP contribution is -2.36. The molecule has 0 fully saturated rings. The molecule has 59 heavy (non-hydrogen) atoms. The maximum absolute atomic E-state index is 2.52. The zero-order valence-corrected chi connectivity index (χ0v) is 34.3. The van der Waals surface area contributed by atoms with Crippen LogP contribution in [0.3, 0.4) is 0 Å². The summed E-state index contributed by atoms with van der Waals surface area (Å²) in [6.07, 6.45) is 1.84. The molecule has 9 aromatic rings.